The zero-order valence-corrected chi connectivity index (χ0v) is 19.7. The van der Waals surface area contributed by atoms with Crippen molar-refractivity contribution in [2.75, 3.05) is 19.0 Å². The maximum atomic E-state index is 12.2. The molecule has 0 bridgehead atoms. The highest BCUT2D eigenvalue weighted by atomic mass is 35.5. The molecule has 3 aromatic carbocycles. The van der Waals surface area contributed by atoms with Crippen LogP contribution >= 0.6 is 23.2 Å². The number of benzene rings is 3. The van der Waals surface area contributed by atoms with Crippen LogP contribution in [0.25, 0.3) is 0 Å². The van der Waals surface area contributed by atoms with Crippen LogP contribution in [0.2, 0.25) is 10.0 Å². The third-order valence-corrected chi connectivity index (χ3v) is 5.06. The average molecular weight is 517 g/mol. The van der Waals surface area contributed by atoms with E-state index in [1.165, 1.54) is 43.7 Å². The highest BCUT2D eigenvalue weighted by Gasteiger charge is 2.15. The minimum atomic E-state index is -0.632. The van der Waals surface area contributed by atoms with E-state index in [4.69, 9.17) is 32.7 Å². The molecule has 0 aromatic heterocycles. The number of carbonyl (C=O) groups excluding carboxylic acids is 2. The molecule has 180 valence electrons. The highest BCUT2D eigenvalue weighted by molar-refractivity contribution is 6.33. The van der Waals surface area contributed by atoms with Crippen LogP contribution in [0.15, 0.2) is 65.8 Å². The summed E-state index contributed by atoms with van der Waals surface area (Å²) in [6.45, 7) is -0.353. The largest absolute Gasteiger partial charge is 0.493 e. The molecule has 35 heavy (non-hydrogen) atoms. The van der Waals surface area contributed by atoms with E-state index < -0.39 is 16.7 Å². The first kappa shape index (κ1) is 25.5. The van der Waals surface area contributed by atoms with Gasteiger partial charge in [0.25, 0.3) is 17.5 Å². The predicted molar refractivity (Wildman–Crippen MR) is 132 cm³/mol. The van der Waals surface area contributed by atoms with E-state index in [9.17, 15) is 19.7 Å². The van der Waals surface area contributed by atoms with Gasteiger partial charge in [-0.05, 0) is 35.9 Å². The first-order chi connectivity index (χ1) is 16.8. The number of nitro benzene ring substituents is 1. The molecular weight excluding hydrogens is 499 g/mol. The third kappa shape index (κ3) is 6.92. The van der Waals surface area contributed by atoms with Gasteiger partial charge in [-0.3, -0.25) is 19.7 Å². The van der Waals surface area contributed by atoms with E-state index in [1.54, 1.807) is 24.3 Å². The van der Waals surface area contributed by atoms with E-state index in [-0.39, 0.29) is 34.4 Å². The van der Waals surface area contributed by atoms with E-state index in [2.05, 4.69) is 15.8 Å². The average Bonchev–Trinajstić information content (AvgIpc) is 2.84. The smallest absolute Gasteiger partial charge is 0.271 e. The molecule has 3 rings (SSSR count). The lowest BCUT2D eigenvalue weighted by atomic mass is 10.2. The molecule has 0 saturated carbocycles. The Morgan fingerprint density at radius 2 is 1.86 bits per heavy atom. The number of carbonyl (C=O) groups is 2. The molecule has 10 nitrogen and oxygen atoms in total. The second-order valence-electron chi connectivity index (χ2n) is 6.86. The second kappa shape index (κ2) is 11.8. The fourth-order valence-corrected chi connectivity index (χ4v) is 3.29. The Morgan fingerprint density at radius 3 is 2.57 bits per heavy atom. The van der Waals surface area contributed by atoms with Crippen LogP contribution in [-0.2, 0) is 4.79 Å². The lowest BCUT2D eigenvalue weighted by Gasteiger charge is -2.13. The zero-order chi connectivity index (χ0) is 25.4. The van der Waals surface area contributed by atoms with Crippen LogP contribution in [0.1, 0.15) is 15.9 Å². The standard InChI is InChI=1S/C23H18Cl2N4O6/c1-34-20-10-14(12-26-28-23(31)15-5-4-6-16(11-15)29(32)33)9-18(25)22(20)35-13-21(30)27-19-8-3-2-7-17(19)24/h2-12H,13H2,1H3,(H,27,30)(H,28,31)/b26-12+. The van der Waals surface area contributed by atoms with Crippen LogP contribution in [0, 0.1) is 10.1 Å². The summed E-state index contributed by atoms with van der Waals surface area (Å²) in [5.41, 5.74) is 3.04. The molecule has 0 radical (unpaired) electrons. The van der Waals surface area contributed by atoms with Crippen LogP contribution in [0.5, 0.6) is 11.5 Å². The summed E-state index contributed by atoms with van der Waals surface area (Å²) in [6.07, 6.45) is 1.30. The molecule has 0 saturated heterocycles. The Hall–Kier alpha value is -4.15. The number of nitro groups is 1. The molecule has 0 aliphatic rings. The lowest BCUT2D eigenvalue weighted by Crippen LogP contribution is -2.20. The number of rotatable bonds is 9. The normalized spacial score (nSPS) is 10.6. The first-order valence-corrected chi connectivity index (χ1v) is 10.7. The van der Waals surface area contributed by atoms with E-state index >= 15 is 0 Å². The minimum Gasteiger partial charge on any atom is -0.493 e. The monoisotopic (exact) mass is 516 g/mol. The van der Waals surface area contributed by atoms with Crippen molar-refractivity contribution in [3.05, 3.63) is 92.0 Å². The Labute approximate surface area is 209 Å². The van der Waals surface area contributed by atoms with Gasteiger partial charge < -0.3 is 14.8 Å². The SMILES string of the molecule is COc1cc(/C=N/NC(=O)c2cccc([N+](=O)[O-])c2)cc(Cl)c1OCC(=O)Nc1ccccc1Cl. The topological polar surface area (TPSA) is 132 Å². The molecule has 2 amide bonds. The van der Waals surface area contributed by atoms with Crippen LogP contribution in [0.3, 0.4) is 0 Å². The minimum absolute atomic E-state index is 0.0748. The Balaban J connectivity index is 1.64. The summed E-state index contributed by atoms with van der Waals surface area (Å²) in [6, 6.07) is 15.0. The van der Waals surface area contributed by atoms with Crippen molar-refractivity contribution in [2.45, 2.75) is 0 Å². The number of hydrogen-bond donors (Lipinski definition) is 2. The molecule has 0 aliphatic carbocycles. The summed E-state index contributed by atoms with van der Waals surface area (Å²) >= 11 is 12.3. The molecule has 3 aromatic rings. The van der Waals surface area contributed by atoms with Crippen molar-refractivity contribution in [1.29, 1.82) is 0 Å². The number of nitrogens with zero attached hydrogens (tertiary/aromatic N) is 2. The summed E-state index contributed by atoms with van der Waals surface area (Å²) < 4.78 is 10.8. The van der Waals surface area contributed by atoms with Crippen LogP contribution in [0.4, 0.5) is 11.4 Å². The number of methoxy groups -OCH3 is 1. The van der Waals surface area contributed by atoms with Crippen molar-refractivity contribution in [2.24, 2.45) is 5.10 Å². The zero-order valence-electron chi connectivity index (χ0n) is 18.2. The van der Waals surface area contributed by atoms with Crippen molar-refractivity contribution in [1.82, 2.24) is 5.43 Å². The molecule has 0 fully saturated rings. The van der Waals surface area contributed by atoms with Gasteiger partial charge in [0.1, 0.15) is 0 Å². The maximum absolute atomic E-state index is 12.2. The quantitative estimate of drug-likeness (QED) is 0.241. The van der Waals surface area contributed by atoms with Gasteiger partial charge in [-0.2, -0.15) is 5.10 Å². The molecule has 12 heteroatoms. The number of anilines is 1. The summed E-state index contributed by atoms with van der Waals surface area (Å²) in [5, 5.41) is 17.9. The third-order valence-electron chi connectivity index (χ3n) is 4.45. The fourth-order valence-electron chi connectivity index (χ4n) is 2.83. The lowest BCUT2D eigenvalue weighted by molar-refractivity contribution is -0.384. The number of ether oxygens (including phenoxy) is 2. The van der Waals surface area contributed by atoms with E-state index in [0.717, 1.165) is 6.07 Å². The summed E-state index contributed by atoms with van der Waals surface area (Å²) in [5.74, 6) is -0.714. The summed E-state index contributed by atoms with van der Waals surface area (Å²) in [7, 11) is 1.40. The van der Waals surface area contributed by atoms with Crippen molar-refractivity contribution in [3.8, 4) is 11.5 Å². The number of halogens is 2. The van der Waals surface area contributed by atoms with Crippen molar-refractivity contribution >= 4 is 52.6 Å². The number of nitrogens with one attached hydrogen (secondary N) is 2. The molecule has 2 N–H and O–H groups in total. The Bertz CT molecular complexity index is 1300. The molecule has 0 unspecified atom stereocenters. The van der Waals surface area contributed by atoms with Gasteiger partial charge in [0.05, 0.1) is 34.0 Å². The molecule has 0 atom stereocenters. The fraction of sp³-hybridized carbons (Fsp3) is 0.0870. The van der Waals surface area contributed by atoms with Gasteiger partial charge in [-0.1, -0.05) is 41.4 Å². The molecule has 0 heterocycles. The van der Waals surface area contributed by atoms with E-state index in [1.807, 2.05) is 0 Å². The second-order valence-corrected chi connectivity index (χ2v) is 7.67. The number of hydrogen-bond acceptors (Lipinski definition) is 7. The number of para-hydroxylation sites is 1. The predicted octanol–water partition coefficient (Wildman–Crippen LogP) is 4.69. The van der Waals surface area contributed by atoms with E-state index in [0.29, 0.717) is 16.3 Å². The highest BCUT2D eigenvalue weighted by Crippen LogP contribution is 2.36. The first-order valence-electron chi connectivity index (χ1n) is 9.91. The van der Waals surface area contributed by atoms with Crippen LogP contribution < -0.4 is 20.2 Å². The van der Waals surface area contributed by atoms with Gasteiger partial charge in [-0.15, -0.1) is 0 Å². The number of hydrazone groups is 1. The summed E-state index contributed by atoms with van der Waals surface area (Å²) in [4.78, 5) is 34.7. The Kier molecular flexibility index (Phi) is 8.60. The maximum Gasteiger partial charge on any atom is 0.271 e. The molecular formula is C23H18Cl2N4O6. The number of amides is 2. The Morgan fingerprint density at radius 1 is 1.09 bits per heavy atom. The van der Waals surface area contributed by atoms with Gasteiger partial charge in [0.15, 0.2) is 18.1 Å². The van der Waals surface area contributed by atoms with Crippen LogP contribution in [-0.4, -0.2) is 36.7 Å². The van der Waals surface area contributed by atoms with Gasteiger partial charge in [0.2, 0.25) is 0 Å². The van der Waals surface area contributed by atoms with Crippen molar-refractivity contribution < 1.29 is 24.0 Å². The van der Waals surface area contributed by atoms with Gasteiger partial charge in [0, 0.05) is 17.7 Å². The van der Waals surface area contributed by atoms with Gasteiger partial charge >= 0.3 is 0 Å². The van der Waals surface area contributed by atoms with Gasteiger partial charge in [-0.25, -0.2) is 5.43 Å². The van der Waals surface area contributed by atoms with Crippen molar-refractivity contribution in [3.63, 3.8) is 0 Å². The molecule has 0 aliphatic heterocycles. The number of non-ortho nitro benzene ring substituents is 1. The molecule has 0 spiro atoms.